The molecule has 0 aliphatic carbocycles. The summed E-state index contributed by atoms with van der Waals surface area (Å²) in [5, 5.41) is 14.2. The minimum Gasteiger partial charge on any atom is -0.312 e. The van der Waals surface area contributed by atoms with Gasteiger partial charge in [0.1, 0.15) is 0 Å². The lowest BCUT2D eigenvalue weighted by Crippen LogP contribution is -2.22. The van der Waals surface area contributed by atoms with Gasteiger partial charge in [0.2, 0.25) is 0 Å². The lowest BCUT2D eigenvalue weighted by Gasteiger charge is -2.10. The van der Waals surface area contributed by atoms with Crippen molar-refractivity contribution in [1.29, 1.82) is 0 Å². The molecule has 1 unspecified atom stereocenters. The van der Waals surface area contributed by atoms with Crippen molar-refractivity contribution >= 4 is 33.4 Å². The number of nitrogens with one attached hydrogen (secondary N) is 1. The number of halogens is 1. The molecule has 18 heavy (non-hydrogen) atoms. The monoisotopic (exact) mass is 330 g/mol. The van der Waals surface area contributed by atoms with E-state index in [1.165, 1.54) is 24.0 Å². The zero-order valence-corrected chi connectivity index (χ0v) is 12.3. The van der Waals surface area contributed by atoms with Gasteiger partial charge in [-0.05, 0) is 51.9 Å². The number of hydrogen-bond donors (Lipinski definition) is 1. The van der Waals surface area contributed by atoms with Crippen LogP contribution in [0.1, 0.15) is 12.0 Å². The highest BCUT2D eigenvalue weighted by Crippen LogP contribution is 2.28. The van der Waals surface area contributed by atoms with Gasteiger partial charge in [0.05, 0.1) is 9.40 Å². The Balaban J connectivity index is 1.92. The van der Waals surface area contributed by atoms with Crippen LogP contribution in [0, 0.1) is 16.0 Å². The van der Waals surface area contributed by atoms with Crippen LogP contribution in [-0.4, -0.2) is 23.0 Å². The second-order valence-corrected chi connectivity index (χ2v) is 6.31. The predicted molar refractivity (Wildman–Crippen MR) is 77.9 cm³/mol. The lowest BCUT2D eigenvalue weighted by atomic mass is 10.1. The van der Waals surface area contributed by atoms with Crippen LogP contribution in [-0.2, 0) is 6.54 Å². The highest BCUT2D eigenvalue weighted by Gasteiger charge is 2.17. The van der Waals surface area contributed by atoms with E-state index >= 15 is 0 Å². The van der Waals surface area contributed by atoms with Crippen LogP contribution in [0.5, 0.6) is 0 Å². The number of hydrogen-bond acceptors (Lipinski definition) is 4. The first kappa shape index (κ1) is 13.8. The Bertz CT molecular complexity index is 436. The molecule has 0 saturated carbocycles. The number of benzene rings is 1. The summed E-state index contributed by atoms with van der Waals surface area (Å²) in [7, 11) is 0. The molecule has 1 aliphatic heterocycles. The van der Waals surface area contributed by atoms with E-state index in [1.807, 2.05) is 17.8 Å². The summed E-state index contributed by atoms with van der Waals surface area (Å²) in [6.45, 7) is 1.66. The number of rotatable bonds is 5. The smallest absolute Gasteiger partial charge is 0.283 e. The molecule has 0 aromatic heterocycles. The topological polar surface area (TPSA) is 55.2 Å². The molecule has 0 radical (unpaired) electrons. The normalized spacial score (nSPS) is 19.1. The van der Waals surface area contributed by atoms with E-state index in [0.717, 1.165) is 18.0 Å². The van der Waals surface area contributed by atoms with Crippen LogP contribution < -0.4 is 5.32 Å². The largest absolute Gasteiger partial charge is 0.312 e. The van der Waals surface area contributed by atoms with Gasteiger partial charge in [-0.2, -0.15) is 11.8 Å². The Morgan fingerprint density at radius 2 is 2.39 bits per heavy atom. The van der Waals surface area contributed by atoms with E-state index in [9.17, 15) is 10.1 Å². The summed E-state index contributed by atoms with van der Waals surface area (Å²) in [6, 6.07) is 5.15. The molecule has 98 valence electrons. The Morgan fingerprint density at radius 3 is 3.06 bits per heavy atom. The summed E-state index contributed by atoms with van der Waals surface area (Å²) in [6.07, 6.45) is 1.27. The summed E-state index contributed by atoms with van der Waals surface area (Å²) in [4.78, 5) is 10.4. The van der Waals surface area contributed by atoms with E-state index < -0.39 is 0 Å². The third kappa shape index (κ3) is 3.46. The Kier molecular flexibility index (Phi) is 5.03. The van der Waals surface area contributed by atoms with Crippen LogP contribution in [0.15, 0.2) is 22.7 Å². The van der Waals surface area contributed by atoms with Crippen LogP contribution in [0.2, 0.25) is 0 Å². The quantitative estimate of drug-likeness (QED) is 0.665. The molecule has 2 rings (SSSR count). The van der Waals surface area contributed by atoms with Gasteiger partial charge in [0.25, 0.3) is 5.69 Å². The molecule has 6 heteroatoms. The van der Waals surface area contributed by atoms with Crippen LogP contribution in [0.3, 0.4) is 0 Å². The van der Waals surface area contributed by atoms with E-state index in [0.29, 0.717) is 11.0 Å². The molecule has 0 spiro atoms. The van der Waals surface area contributed by atoms with E-state index in [2.05, 4.69) is 21.2 Å². The standard InChI is InChI=1S/C12H15BrN2O2S/c13-12-10(2-1-3-11(12)15(16)17)7-14-6-9-4-5-18-8-9/h1-3,9,14H,4-8H2. The Morgan fingerprint density at radius 1 is 1.56 bits per heavy atom. The maximum atomic E-state index is 10.8. The molecule has 0 amide bonds. The molecule has 1 aliphatic rings. The van der Waals surface area contributed by atoms with Crippen molar-refractivity contribution < 1.29 is 4.92 Å². The first-order valence-electron chi connectivity index (χ1n) is 5.88. The van der Waals surface area contributed by atoms with Crippen molar-refractivity contribution in [3.8, 4) is 0 Å². The maximum Gasteiger partial charge on any atom is 0.283 e. The first-order valence-corrected chi connectivity index (χ1v) is 7.83. The average molecular weight is 331 g/mol. The molecule has 1 N–H and O–H groups in total. The molecule has 4 nitrogen and oxygen atoms in total. The average Bonchev–Trinajstić information content (AvgIpc) is 2.84. The summed E-state index contributed by atoms with van der Waals surface area (Å²) < 4.78 is 0.586. The van der Waals surface area contributed by atoms with Gasteiger partial charge in [-0.25, -0.2) is 0 Å². The van der Waals surface area contributed by atoms with Crippen LogP contribution in [0.25, 0.3) is 0 Å². The summed E-state index contributed by atoms with van der Waals surface area (Å²) >= 11 is 5.31. The minimum atomic E-state index is -0.360. The van der Waals surface area contributed by atoms with Crippen molar-refractivity contribution in [2.75, 3.05) is 18.1 Å². The summed E-state index contributed by atoms with van der Waals surface area (Å²) in [5.74, 6) is 3.23. The van der Waals surface area contributed by atoms with Gasteiger partial charge >= 0.3 is 0 Å². The zero-order valence-electron chi connectivity index (χ0n) is 9.89. The minimum absolute atomic E-state index is 0.130. The SMILES string of the molecule is O=[N+]([O-])c1cccc(CNCC2CCSC2)c1Br. The molecule has 0 bridgehead atoms. The summed E-state index contributed by atoms with van der Waals surface area (Å²) in [5.41, 5.74) is 1.07. The third-order valence-corrected chi connectivity index (χ3v) is 5.17. The zero-order chi connectivity index (χ0) is 13.0. The molecule has 1 atom stereocenters. The molecule has 1 fully saturated rings. The molecular weight excluding hydrogens is 316 g/mol. The second kappa shape index (κ2) is 6.54. The van der Waals surface area contributed by atoms with Crippen molar-refractivity contribution in [1.82, 2.24) is 5.32 Å². The molecule has 1 heterocycles. The number of nitrogens with zero attached hydrogens (tertiary/aromatic N) is 1. The molecule has 1 saturated heterocycles. The fourth-order valence-electron chi connectivity index (χ4n) is 2.00. The maximum absolute atomic E-state index is 10.8. The fraction of sp³-hybridized carbons (Fsp3) is 0.500. The third-order valence-electron chi connectivity index (χ3n) is 3.03. The van der Waals surface area contributed by atoms with E-state index in [1.54, 1.807) is 6.07 Å². The highest BCUT2D eigenvalue weighted by molar-refractivity contribution is 9.10. The Labute approximate surface area is 119 Å². The van der Waals surface area contributed by atoms with Crippen LogP contribution in [0.4, 0.5) is 5.69 Å². The Hall–Kier alpha value is -0.590. The van der Waals surface area contributed by atoms with Gasteiger partial charge in [0, 0.05) is 12.6 Å². The van der Waals surface area contributed by atoms with Crippen molar-refractivity contribution in [3.05, 3.63) is 38.3 Å². The molecular formula is C12H15BrN2O2S. The number of nitro groups is 1. The van der Waals surface area contributed by atoms with Gasteiger partial charge in [-0.1, -0.05) is 12.1 Å². The second-order valence-electron chi connectivity index (χ2n) is 4.37. The van der Waals surface area contributed by atoms with Gasteiger partial charge in [-0.15, -0.1) is 0 Å². The highest BCUT2D eigenvalue weighted by atomic mass is 79.9. The molecule has 1 aromatic carbocycles. The van der Waals surface area contributed by atoms with E-state index in [4.69, 9.17) is 0 Å². The number of nitro benzene ring substituents is 1. The van der Waals surface area contributed by atoms with Crippen LogP contribution >= 0.6 is 27.7 Å². The van der Waals surface area contributed by atoms with Gasteiger partial charge in [-0.3, -0.25) is 10.1 Å². The predicted octanol–water partition coefficient (Wildman–Crippen LogP) is 3.20. The fourth-order valence-corrected chi connectivity index (χ4v) is 3.83. The van der Waals surface area contributed by atoms with Gasteiger partial charge in [0.15, 0.2) is 0 Å². The van der Waals surface area contributed by atoms with Crippen molar-refractivity contribution in [2.24, 2.45) is 5.92 Å². The molecule has 1 aromatic rings. The lowest BCUT2D eigenvalue weighted by molar-refractivity contribution is -0.385. The van der Waals surface area contributed by atoms with E-state index in [-0.39, 0.29) is 10.6 Å². The van der Waals surface area contributed by atoms with Crippen molar-refractivity contribution in [3.63, 3.8) is 0 Å². The van der Waals surface area contributed by atoms with Gasteiger partial charge < -0.3 is 5.32 Å². The van der Waals surface area contributed by atoms with Crippen molar-refractivity contribution in [2.45, 2.75) is 13.0 Å². The first-order chi connectivity index (χ1) is 8.68. The number of thioether (sulfide) groups is 1.